The van der Waals surface area contributed by atoms with E-state index in [4.69, 9.17) is 23.9 Å². The molecule has 1 aromatic heterocycles. The lowest BCUT2D eigenvalue weighted by atomic mass is 9.62. The third-order valence-electron chi connectivity index (χ3n) is 13.4. The van der Waals surface area contributed by atoms with E-state index in [1.165, 1.54) is 11.1 Å². The number of carbonyl (C=O) groups is 4. The molecular weight excluding hydrogens is 853 g/mol. The molecule has 1 unspecified atom stereocenters. The fourth-order valence-electron chi connectivity index (χ4n) is 9.46. The van der Waals surface area contributed by atoms with Crippen LogP contribution in [0.15, 0.2) is 79.0 Å². The van der Waals surface area contributed by atoms with E-state index in [2.05, 4.69) is 70.8 Å². The predicted octanol–water partition coefficient (Wildman–Crippen LogP) is 7.00. The van der Waals surface area contributed by atoms with E-state index in [-0.39, 0.29) is 40.9 Å². The van der Waals surface area contributed by atoms with Gasteiger partial charge in [-0.05, 0) is 105 Å². The van der Waals surface area contributed by atoms with Crippen molar-refractivity contribution in [3.8, 4) is 11.5 Å². The Morgan fingerprint density at radius 1 is 0.746 bits per heavy atom. The van der Waals surface area contributed by atoms with E-state index in [0.29, 0.717) is 45.3 Å². The van der Waals surface area contributed by atoms with Gasteiger partial charge in [-0.15, -0.1) is 0 Å². The molecule has 15 nitrogen and oxygen atoms in total. The molecule has 2 saturated heterocycles. The van der Waals surface area contributed by atoms with Gasteiger partial charge in [-0.1, -0.05) is 57.4 Å². The maximum atomic E-state index is 13.0. The number of benzene rings is 3. The molecule has 1 atom stereocenters. The van der Waals surface area contributed by atoms with Gasteiger partial charge >= 0.3 is 0 Å². The molecule has 8 rings (SSSR count). The van der Waals surface area contributed by atoms with E-state index in [0.717, 1.165) is 106 Å². The minimum atomic E-state index is -0.977. The van der Waals surface area contributed by atoms with E-state index in [1.54, 1.807) is 24.4 Å². The molecule has 4 heterocycles. The molecule has 4 aliphatic rings. The third-order valence-corrected chi connectivity index (χ3v) is 13.4. The van der Waals surface area contributed by atoms with Gasteiger partial charge in [-0.3, -0.25) is 29.4 Å². The Morgan fingerprint density at radius 2 is 1.37 bits per heavy atom. The van der Waals surface area contributed by atoms with Crippen LogP contribution in [-0.4, -0.2) is 108 Å². The number of unbranched alkanes of at least 4 members (excludes halogenated alkanes) is 4. The number of amides is 4. The van der Waals surface area contributed by atoms with Crippen molar-refractivity contribution >= 4 is 35.3 Å². The van der Waals surface area contributed by atoms with Crippen LogP contribution < -0.4 is 25.0 Å². The van der Waals surface area contributed by atoms with Gasteiger partial charge in [0, 0.05) is 75.2 Å². The highest BCUT2D eigenvalue weighted by Crippen LogP contribution is 2.49. The Kier molecular flexibility index (Phi) is 15.5. The predicted molar refractivity (Wildman–Crippen MR) is 252 cm³/mol. The quantitative estimate of drug-likeness (QED) is 0.0457. The molecule has 3 fully saturated rings. The van der Waals surface area contributed by atoms with Crippen molar-refractivity contribution < 1.29 is 43.2 Å². The summed E-state index contributed by atoms with van der Waals surface area (Å²) in [5.41, 5.74) is 4.54. The first kappa shape index (κ1) is 47.6. The fourth-order valence-corrected chi connectivity index (χ4v) is 9.46. The maximum absolute atomic E-state index is 13.0. The van der Waals surface area contributed by atoms with Gasteiger partial charge in [0.25, 0.3) is 11.8 Å². The van der Waals surface area contributed by atoms with Gasteiger partial charge in [0.05, 0.1) is 29.5 Å². The number of nitrogens with zero attached hydrogens (tertiary/aromatic N) is 4. The largest absolute Gasteiger partial charge is 0.494 e. The average Bonchev–Trinajstić information content (AvgIpc) is 3.55. The molecule has 3 aliphatic heterocycles. The molecule has 4 aromatic rings. The molecule has 1 spiro atoms. The van der Waals surface area contributed by atoms with Crippen LogP contribution in [0, 0.1) is 5.41 Å². The fraction of sp³-hybridized carbons (Fsp3) is 0.500. The maximum Gasteiger partial charge on any atom is 0.262 e. The number of rotatable bonds is 25. The number of imide groups is 2. The lowest BCUT2D eigenvalue weighted by Crippen LogP contribution is -2.64. The molecule has 0 radical (unpaired) electrons. The highest BCUT2D eigenvalue weighted by Gasteiger charge is 2.52. The molecule has 15 heteroatoms. The number of nitrogens with one attached hydrogen (secondary N) is 2. The molecule has 356 valence electrons. The van der Waals surface area contributed by atoms with Crippen molar-refractivity contribution in [1.29, 1.82) is 0 Å². The van der Waals surface area contributed by atoms with Crippen LogP contribution in [0.4, 0.5) is 11.6 Å². The van der Waals surface area contributed by atoms with Gasteiger partial charge in [0.2, 0.25) is 17.8 Å². The SMILES string of the molecule is CC(C)(c1ccc(OCCCCCCCOCCCOCCCNc2ccc3c(c2)C(=O)N(C2CCC(=O)NC2=O)C3=O)cc1)c1ccc(OCc2ccnc(N3CC4(CC(O)C4)C3)n2)cc1. The second-order valence-corrected chi connectivity index (χ2v) is 18.9. The number of aromatic nitrogens is 2. The number of piperidine rings is 1. The molecule has 1 aliphatic carbocycles. The van der Waals surface area contributed by atoms with Crippen LogP contribution in [0.3, 0.4) is 0 Å². The smallest absolute Gasteiger partial charge is 0.262 e. The highest BCUT2D eigenvalue weighted by molar-refractivity contribution is 6.23. The zero-order valence-electron chi connectivity index (χ0n) is 38.8. The van der Waals surface area contributed by atoms with Gasteiger partial charge in [0.15, 0.2) is 0 Å². The number of aliphatic hydroxyl groups excluding tert-OH is 1. The van der Waals surface area contributed by atoms with E-state index < -0.39 is 29.7 Å². The lowest BCUT2D eigenvalue weighted by Gasteiger charge is -2.57. The highest BCUT2D eigenvalue weighted by atomic mass is 16.5. The Labute approximate surface area is 392 Å². The first-order chi connectivity index (χ1) is 32.5. The number of aliphatic hydroxyl groups is 1. The summed E-state index contributed by atoms with van der Waals surface area (Å²) in [5.74, 6) is 0.364. The lowest BCUT2D eigenvalue weighted by molar-refractivity contribution is -0.136. The van der Waals surface area contributed by atoms with E-state index in [9.17, 15) is 24.3 Å². The van der Waals surface area contributed by atoms with Crippen LogP contribution in [0.1, 0.15) is 122 Å². The topological polar surface area (TPSA) is 182 Å². The number of anilines is 2. The first-order valence-corrected chi connectivity index (χ1v) is 23.9. The zero-order chi connectivity index (χ0) is 46.8. The number of hydrogen-bond acceptors (Lipinski definition) is 13. The second kappa shape index (κ2) is 21.8. The Balaban J connectivity index is 0.616. The summed E-state index contributed by atoms with van der Waals surface area (Å²) in [6.45, 7) is 10.6. The number of hydrogen-bond donors (Lipinski definition) is 3. The number of ether oxygens (including phenoxy) is 4. The van der Waals surface area contributed by atoms with E-state index >= 15 is 0 Å². The van der Waals surface area contributed by atoms with Crippen molar-refractivity contribution in [2.75, 3.05) is 62.9 Å². The van der Waals surface area contributed by atoms with Crippen molar-refractivity contribution in [3.05, 3.63) is 107 Å². The number of fused-ring (bicyclic) bond motifs is 1. The zero-order valence-corrected chi connectivity index (χ0v) is 38.8. The van der Waals surface area contributed by atoms with Crippen molar-refractivity contribution in [1.82, 2.24) is 20.2 Å². The van der Waals surface area contributed by atoms with Gasteiger partial charge in [0.1, 0.15) is 24.1 Å². The Morgan fingerprint density at radius 3 is 2.06 bits per heavy atom. The standard InChI is InChI=1S/C52H64N6O9/c1-51(2,37-12-17-42(18-13-37)67-33-39-22-24-54-50(55-39)57-34-52(35-57)31-40(59)32-52)36-10-15-41(16-11-36)66-29-7-5-3-4-6-25-64-27-9-28-65-26-8-23-53-38-14-19-43-44(30-38)49(63)58(48(43)62)45-20-21-46(60)56-47(45)61/h10-19,22,24,30,40,45,53,59H,3-9,20-21,23,25-29,31-35H2,1-2H3,(H,56,60,61). The van der Waals surface area contributed by atoms with Gasteiger partial charge < -0.3 is 34.3 Å². The minimum Gasteiger partial charge on any atom is -0.494 e. The molecule has 3 N–H and O–H groups in total. The summed E-state index contributed by atoms with van der Waals surface area (Å²) in [4.78, 5) is 62.1. The summed E-state index contributed by atoms with van der Waals surface area (Å²) in [7, 11) is 0. The van der Waals surface area contributed by atoms with Gasteiger partial charge in [-0.25, -0.2) is 9.97 Å². The van der Waals surface area contributed by atoms with Crippen molar-refractivity contribution in [3.63, 3.8) is 0 Å². The van der Waals surface area contributed by atoms with Crippen LogP contribution in [0.25, 0.3) is 0 Å². The van der Waals surface area contributed by atoms with Crippen LogP contribution in [-0.2, 0) is 31.1 Å². The second-order valence-electron chi connectivity index (χ2n) is 18.9. The summed E-state index contributed by atoms with van der Waals surface area (Å²) in [5, 5.41) is 15.2. The molecule has 0 bridgehead atoms. The first-order valence-electron chi connectivity index (χ1n) is 23.9. The average molecular weight is 917 g/mol. The van der Waals surface area contributed by atoms with E-state index in [1.807, 2.05) is 18.2 Å². The molecule has 67 heavy (non-hydrogen) atoms. The Bertz CT molecular complexity index is 2340. The molecular formula is C52H64N6O9. The minimum absolute atomic E-state index is 0.0868. The molecule has 4 amide bonds. The summed E-state index contributed by atoms with van der Waals surface area (Å²) in [6.07, 6.45) is 10.7. The third kappa shape index (κ3) is 11.8. The summed E-state index contributed by atoms with van der Waals surface area (Å²) in [6, 6.07) is 22.6. The van der Waals surface area contributed by atoms with Crippen LogP contribution in [0.5, 0.6) is 11.5 Å². The van der Waals surface area contributed by atoms with Crippen molar-refractivity contribution in [2.24, 2.45) is 5.41 Å². The normalized spacial score (nSPS) is 17.9. The van der Waals surface area contributed by atoms with Crippen LogP contribution in [0.2, 0.25) is 0 Å². The molecule has 3 aromatic carbocycles. The summed E-state index contributed by atoms with van der Waals surface area (Å²) >= 11 is 0. The van der Waals surface area contributed by atoms with Gasteiger partial charge in [-0.2, -0.15) is 0 Å². The monoisotopic (exact) mass is 916 g/mol. The Hall–Kier alpha value is -5.90. The number of carbonyl (C=O) groups excluding carboxylic acids is 4. The summed E-state index contributed by atoms with van der Waals surface area (Å²) < 4.78 is 23.7. The van der Waals surface area contributed by atoms with Crippen molar-refractivity contribution in [2.45, 2.75) is 109 Å². The van der Waals surface area contributed by atoms with Crippen LogP contribution >= 0.6 is 0 Å². The molecule has 1 saturated carbocycles.